The number of nitrogens with zero attached hydrogens (tertiary/aromatic N) is 1. The van der Waals surface area contributed by atoms with E-state index in [9.17, 15) is 9.59 Å². The van der Waals surface area contributed by atoms with Crippen molar-refractivity contribution in [2.45, 2.75) is 41.0 Å². The molecule has 0 unspecified atom stereocenters. The van der Waals surface area contributed by atoms with Crippen LogP contribution in [0.2, 0.25) is 0 Å². The van der Waals surface area contributed by atoms with Gasteiger partial charge in [-0.15, -0.1) is 0 Å². The van der Waals surface area contributed by atoms with Crippen LogP contribution in [0.5, 0.6) is 0 Å². The van der Waals surface area contributed by atoms with Crippen LogP contribution in [0.25, 0.3) is 0 Å². The average molecular weight is 270 g/mol. The fourth-order valence-corrected chi connectivity index (χ4v) is 0.963. The Labute approximate surface area is 115 Å². The van der Waals surface area contributed by atoms with Gasteiger partial charge < -0.3 is 15.6 Å². The molecule has 0 saturated heterocycles. The summed E-state index contributed by atoms with van der Waals surface area (Å²) >= 11 is 0. The van der Waals surface area contributed by atoms with Crippen molar-refractivity contribution in [3.05, 3.63) is 18.2 Å². The van der Waals surface area contributed by atoms with E-state index in [4.69, 9.17) is 0 Å². The number of carbonyl (C=O) groups excluding carboxylic acids is 2. The summed E-state index contributed by atoms with van der Waals surface area (Å²) in [6.07, 6.45) is 3.79. The van der Waals surface area contributed by atoms with Crippen LogP contribution in [0.3, 0.4) is 0 Å². The van der Waals surface area contributed by atoms with Crippen molar-refractivity contribution >= 4 is 11.8 Å². The lowest BCUT2D eigenvalue weighted by Gasteiger charge is -2.01. The highest BCUT2D eigenvalue weighted by molar-refractivity contribution is 5.77. The standard InChI is InChI=1S/C7H14N2O2.C4H6N2.C2H6/c1-3-8-7(11)4-5-9-6(2)10;1-4-2-5-3-6-4;1-2/h3-5H2,1-2H3,(H,8,11)(H,9,10);2-3H,1H3,(H,5,6);1-2H3. The highest BCUT2D eigenvalue weighted by Gasteiger charge is 1.98. The topological polar surface area (TPSA) is 86.9 Å². The van der Waals surface area contributed by atoms with Crippen LogP contribution in [0.4, 0.5) is 0 Å². The smallest absolute Gasteiger partial charge is 0.221 e. The SMILES string of the molecule is CC.CCNC(=O)CCNC(C)=O.Cc1cnc[nH]1. The Morgan fingerprint density at radius 2 is 1.95 bits per heavy atom. The van der Waals surface area contributed by atoms with Crippen molar-refractivity contribution in [3.63, 3.8) is 0 Å². The number of carbonyl (C=O) groups is 2. The van der Waals surface area contributed by atoms with E-state index in [0.29, 0.717) is 19.5 Å². The van der Waals surface area contributed by atoms with Gasteiger partial charge in [-0.2, -0.15) is 0 Å². The maximum atomic E-state index is 10.8. The van der Waals surface area contributed by atoms with Gasteiger partial charge in [-0.1, -0.05) is 13.8 Å². The van der Waals surface area contributed by atoms with Gasteiger partial charge in [-0.25, -0.2) is 4.98 Å². The molecule has 0 spiro atoms. The Kier molecular flexibility index (Phi) is 14.6. The van der Waals surface area contributed by atoms with Crippen LogP contribution in [-0.2, 0) is 9.59 Å². The van der Waals surface area contributed by atoms with E-state index in [-0.39, 0.29) is 11.8 Å². The molecule has 0 atom stereocenters. The van der Waals surface area contributed by atoms with Crippen molar-refractivity contribution in [2.75, 3.05) is 13.1 Å². The predicted molar refractivity (Wildman–Crippen MR) is 76.7 cm³/mol. The molecule has 1 aromatic rings. The Hall–Kier alpha value is -1.85. The first-order valence-corrected chi connectivity index (χ1v) is 6.52. The number of H-pyrrole nitrogens is 1. The second-order valence-corrected chi connectivity index (χ2v) is 3.42. The minimum atomic E-state index is -0.103. The predicted octanol–water partition coefficient (Wildman–Crippen LogP) is 1.39. The van der Waals surface area contributed by atoms with Crippen molar-refractivity contribution in [3.8, 4) is 0 Å². The fraction of sp³-hybridized carbons (Fsp3) is 0.615. The first-order valence-electron chi connectivity index (χ1n) is 6.52. The van der Waals surface area contributed by atoms with E-state index in [1.165, 1.54) is 6.92 Å². The molecule has 2 amide bonds. The molecule has 6 heteroatoms. The summed E-state index contributed by atoms with van der Waals surface area (Å²) in [6.45, 7) is 10.3. The molecule has 1 heterocycles. The quantitative estimate of drug-likeness (QED) is 0.772. The monoisotopic (exact) mass is 270 g/mol. The molecule has 0 aromatic carbocycles. The molecule has 0 bridgehead atoms. The fourth-order valence-electron chi connectivity index (χ4n) is 0.963. The summed E-state index contributed by atoms with van der Waals surface area (Å²) in [6, 6.07) is 0. The summed E-state index contributed by atoms with van der Waals surface area (Å²) in [7, 11) is 0. The van der Waals surface area contributed by atoms with Crippen LogP contribution in [0.1, 0.15) is 39.8 Å². The van der Waals surface area contributed by atoms with Crippen LogP contribution in [-0.4, -0.2) is 34.9 Å². The maximum absolute atomic E-state index is 10.8. The third-order valence-electron chi connectivity index (χ3n) is 1.73. The lowest BCUT2D eigenvalue weighted by molar-refractivity contribution is -0.121. The van der Waals surface area contributed by atoms with E-state index < -0.39 is 0 Å². The Morgan fingerprint density at radius 1 is 1.32 bits per heavy atom. The van der Waals surface area contributed by atoms with Crippen LogP contribution in [0.15, 0.2) is 12.5 Å². The molecular weight excluding hydrogens is 244 g/mol. The number of hydrogen-bond acceptors (Lipinski definition) is 3. The molecule has 0 fully saturated rings. The minimum absolute atomic E-state index is 0.0266. The largest absolute Gasteiger partial charge is 0.356 e. The zero-order valence-corrected chi connectivity index (χ0v) is 12.5. The second kappa shape index (κ2) is 14.2. The number of hydrogen-bond donors (Lipinski definition) is 3. The number of rotatable bonds is 4. The third kappa shape index (κ3) is 16.1. The number of nitrogens with one attached hydrogen (secondary N) is 3. The normalized spacial score (nSPS) is 8.26. The van der Waals surface area contributed by atoms with E-state index in [0.717, 1.165) is 5.69 Å². The molecule has 1 aromatic heterocycles. The Bertz CT molecular complexity index is 323. The average Bonchev–Trinajstić information content (AvgIpc) is 2.83. The highest BCUT2D eigenvalue weighted by atomic mass is 16.2. The molecule has 6 nitrogen and oxygen atoms in total. The van der Waals surface area contributed by atoms with Crippen molar-refractivity contribution in [1.82, 2.24) is 20.6 Å². The number of aromatic nitrogens is 2. The van der Waals surface area contributed by atoms with Crippen LogP contribution in [0, 0.1) is 6.92 Å². The first-order chi connectivity index (χ1) is 9.06. The van der Waals surface area contributed by atoms with Crippen molar-refractivity contribution in [1.29, 1.82) is 0 Å². The summed E-state index contributed by atoms with van der Waals surface area (Å²) < 4.78 is 0. The van der Waals surface area contributed by atoms with Gasteiger partial charge in [0.1, 0.15) is 0 Å². The number of aromatic amines is 1. The van der Waals surface area contributed by atoms with Gasteiger partial charge >= 0.3 is 0 Å². The second-order valence-electron chi connectivity index (χ2n) is 3.42. The van der Waals surface area contributed by atoms with Crippen LogP contribution >= 0.6 is 0 Å². The minimum Gasteiger partial charge on any atom is -0.356 e. The van der Waals surface area contributed by atoms with Gasteiger partial charge in [0.25, 0.3) is 0 Å². The summed E-state index contributed by atoms with van der Waals surface area (Å²) in [4.78, 5) is 27.8. The number of imidazole rings is 1. The molecule has 0 aliphatic carbocycles. The summed E-state index contributed by atoms with van der Waals surface area (Å²) in [5.41, 5.74) is 1.11. The molecule has 110 valence electrons. The molecule has 0 radical (unpaired) electrons. The van der Waals surface area contributed by atoms with E-state index in [1.807, 2.05) is 27.7 Å². The van der Waals surface area contributed by atoms with Gasteiger partial charge in [0.2, 0.25) is 11.8 Å². The van der Waals surface area contributed by atoms with E-state index >= 15 is 0 Å². The van der Waals surface area contributed by atoms with E-state index in [2.05, 4.69) is 20.6 Å². The van der Waals surface area contributed by atoms with Gasteiger partial charge in [-0.3, -0.25) is 9.59 Å². The van der Waals surface area contributed by atoms with E-state index in [1.54, 1.807) is 12.5 Å². The summed E-state index contributed by atoms with van der Waals surface area (Å²) in [5, 5.41) is 5.16. The lowest BCUT2D eigenvalue weighted by Crippen LogP contribution is -2.29. The molecule has 1 rings (SSSR count). The van der Waals surface area contributed by atoms with Gasteiger partial charge in [0.15, 0.2) is 0 Å². The molecule has 19 heavy (non-hydrogen) atoms. The molecular formula is C13H26N4O2. The first kappa shape index (κ1) is 19.5. The zero-order valence-electron chi connectivity index (χ0n) is 12.5. The summed E-state index contributed by atoms with van der Waals surface area (Å²) in [5.74, 6) is -0.129. The number of amides is 2. The van der Waals surface area contributed by atoms with Gasteiger partial charge in [0, 0.05) is 38.3 Å². The molecule has 3 N–H and O–H groups in total. The van der Waals surface area contributed by atoms with Crippen LogP contribution < -0.4 is 10.6 Å². The molecule has 0 aliphatic rings. The lowest BCUT2D eigenvalue weighted by atomic mass is 10.4. The Balaban J connectivity index is 0. The van der Waals surface area contributed by atoms with Gasteiger partial charge in [0.05, 0.1) is 6.33 Å². The third-order valence-corrected chi connectivity index (χ3v) is 1.73. The number of aryl methyl sites for hydroxylation is 1. The molecule has 0 aliphatic heterocycles. The van der Waals surface area contributed by atoms with Crippen molar-refractivity contribution < 1.29 is 9.59 Å². The van der Waals surface area contributed by atoms with Crippen molar-refractivity contribution in [2.24, 2.45) is 0 Å². The highest BCUT2D eigenvalue weighted by Crippen LogP contribution is 1.81. The molecule has 0 saturated carbocycles. The Morgan fingerprint density at radius 3 is 2.26 bits per heavy atom. The maximum Gasteiger partial charge on any atom is 0.221 e. The van der Waals surface area contributed by atoms with Gasteiger partial charge in [-0.05, 0) is 13.8 Å². The zero-order chi connectivity index (χ0) is 15.1.